The van der Waals surface area contributed by atoms with Gasteiger partial charge in [-0.15, -0.1) is 0 Å². The molecule has 1 aromatic heterocycles. The molecule has 6 nitrogen and oxygen atoms in total. The third kappa shape index (κ3) is 5.28. The Morgan fingerprint density at radius 1 is 1.12 bits per heavy atom. The van der Waals surface area contributed by atoms with Crippen LogP contribution in [0.1, 0.15) is 36.2 Å². The van der Waals surface area contributed by atoms with Crippen LogP contribution in [0, 0.1) is 5.92 Å². The first-order valence-corrected chi connectivity index (χ1v) is 11.4. The second kappa shape index (κ2) is 10.4. The van der Waals surface area contributed by atoms with Crippen molar-refractivity contribution in [1.82, 2.24) is 15.3 Å². The zero-order chi connectivity index (χ0) is 23.1. The van der Waals surface area contributed by atoms with Gasteiger partial charge in [-0.25, -0.2) is 4.98 Å². The molecule has 0 bridgehead atoms. The first-order valence-electron chi connectivity index (χ1n) is 11.4. The van der Waals surface area contributed by atoms with Crippen LogP contribution in [0.15, 0.2) is 73.1 Å². The minimum absolute atomic E-state index is 0.0508. The van der Waals surface area contributed by atoms with Crippen molar-refractivity contribution in [3.05, 3.63) is 90.0 Å². The van der Waals surface area contributed by atoms with E-state index in [0.29, 0.717) is 6.54 Å². The highest BCUT2D eigenvalue weighted by Crippen LogP contribution is 2.60. The fraction of sp³-hybridized carbons (Fsp3) is 0.333. The number of amides is 1. The largest absolute Gasteiger partial charge is 0.497 e. The predicted molar refractivity (Wildman–Crippen MR) is 129 cm³/mol. The number of unbranched alkanes of at least 4 members (excludes halogenated alkanes) is 1. The van der Waals surface area contributed by atoms with Gasteiger partial charge in [0, 0.05) is 30.8 Å². The summed E-state index contributed by atoms with van der Waals surface area (Å²) >= 11 is 0. The molecule has 0 saturated heterocycles. The molecule has 4 rings (SSSR count). The van der Waals surface area contributed by atoms with Crippen LogP contribution in [0.25, 0.3) is 0 Å². The molecule has 2 N–H and O–H groups in total. The maximum absolute atomic E-state index is 12.4. The van der Waals surface area contributed by atoms with Crippen molar-refractivity contribution >= 4 is 5.91 Å². The van der Waals surface area contributed by atoms with E-state index in [1.807, 2.05) is 36.5 Å². The van der Waals surface area contributed by atoms with Crippen molar-refractivity contribution in [2.75, 3.05) is 20.8 Å². The van der Waals surface area contributed by atoms with Gasteiger partial charge in [-0.05, 0) is 66.6 Å². The average molecular weight is 446 g/mol. The summed E-state index contributed by atoms with van der Waals surface area (Å²) < 4.78 is 10.9. The second-order valence-electron chi connectivity index (χ2n) is 8.39. The molecule has 1 heterocycles. The van der Waals surface area contributed by atoms with E-state index in [9.17, 15) is 4.79 Å². The number of aromatic nitrogens is 2. The van der Waals surface area contributed by atoms with Crippen LogP contribution in [0.3, 0.4) is 0 Å². The van der Waals surface area contributed by atoms with Crippen LogP contribution >= 0.6 is 0 Å². The number of benzene rings is 2. The number of hydrogen-bond donors (Lipinski definition) is 2. The Morgan fingerprint density at radius 2 is 1.82 bits per heavy atom. The lowest BCUT2D eigenvalue weighted by Crippen LogP contribution is -2.22. The fourth-order valence-electron chi connectivity index (χ4n) is 4.48. The number of nitrogens with one attached hydrogen (secondary N) is 2. The minimum atomic E-state index is -0.192. The van der Waals surface area contributed by atoms with Gasteiger partial charge in [-0.2, -0.15) is 0 Å². The Balaban J connectivity index is 1.40. The van der Waals surface area contributed by atoms with Gasteiger partial charge in [-0.1, -0.05) is 30.3 Å². The van der Waals surface area contributed by atoms with Crippen molar-refractivity contribution in [3.63, 3.8) is 0 Å². The highest BCUT2D eigenvalue weighted by molar-refractivity contribution is 5.87. The van der Waals surface area contributed by atoms with Crippen LogP contribution in [0.4, 0.5) is 0 Å². The van der Waals surface area contributed by atoms with Gasteiger partial charge < -0.3 is 19.8 Å². The summed E-state index contributed by atoms with van der Waals surface area (Å²) in [6.07, 6.45) is 11.0. The molecule has 2 aromatic carbocycles. The van der Waals surface area contributed by atoms with E-state index in [1.165, 1.54) is 11.1 Å². The number of carbonyl (C=O) groups is 1. The van der Waals surface area contributed by atoms with Crippen LogP contribution < -0.4 is 14.8 Å². The Hall–Kier alpha value is -3.54. The molecule has 1 aliphatic rings. The number of hydrogen-bond acceptors (Lipinski definition) is 4. The third-order valence-corrected chi connectivity index (χ3v) is 6.36. The normalized spacial score (nSPS) is 16.5. The van der Waals surface area contributed by atoms with Gasteiger partial charge in [0.05, 0.1) is 14.2 Å². The van der Waals surface area contributed by atoms with E-state index in [0.717, 1.165) is 43.0 Å². The summed E-state index contributed by atoms with van der Waals surface area (Å²) in [6.45, 7) is 0.658. The molecular weight excluding hydrogens is 414 g/mol. The molecule has 0 spiro atoms. The first kappa shape index (κ1) is 22.6. The maximum atomic E-state index is 12.4. The van der Waals surface area contributed by atoms with Crippen molar-refractivity contribution < 1.29 is 14.3 Å². The maximum Gasteiger partial charge on any atom is 0.243 e. The molecule has 1 atom stereocenters. The Kier molecular flexibility index (Phi) is 7.13. The number of methoxy groups -OCH3 is 2. The summed E-state index contributed by atoms with van der Waals surface area (Å²) in [4.78, 5) is 19.7. The van der Waals surface area contributed by atoms with E-state index in [2.05, 4.69) is 39.6 Å². The average Bonchev–Trinajstić information content (AvgIpc) is 3.37. The summed E-state index contributed by atoms with van der Waals surface area (Å²) in [5.41, 5.74) is 2.18. The van der Waals surface area contributed by atoms with Crippen molar-refractivity contribution in [2.45, 2.75) is 31.1 Å². The number of allylic oxidation sites excluding steroid dienone is 1. The SMILES string of the molecule is COc1cccc(C2(c3cccc(OC)c3)C[C@H]2/C=C/C(=O)NCCCCc2ncc[nH]2)c1. The standard InChI is InChI=1S/C27H31N3O3/c1-32-23-9-5-7-20(17-23)27(21-8-6-10-24(18-21)33-2)19-22(27)12-13-26(31)30-14-4-3-11-25-28-15-16-29-25/h5-10,12-13,15-18,22H,3-4,11,14,19H2,1-2H3,(H,28,29)(H,30,31)/b13-12+/t22-/m1/s1. The second-order valence-corrected chi connectivity index (χ2v) is 8.39. The molecule has 0 radical (unpaired) electrons. The number of carbonyl (C=O) groups excluding carboxylic acids is 1. The summed E-state index contributed by atoms with van der Waals surface area (Å²) in [6, 6.07) is 16.4. The summed E-state index contributed by atoms with van der Waals surface area (Å²) in [5, 5.41) is 2.99. The molecule has 33 heavy (non-hydrogen) atoms. The smallest absolute Gasteiger partial charge is 0.243 e. The van der Waals surface area contributed by atoms with Gasteiger partial charge in [-0.3, -0.25) is 4.79 Å². The summed E-state index contributed by atoms with van der Waals surface area (Å²) in [5.74, 6) is 2.82. The highest BCUT2D eigenvalue weighted by Gasteiger charge is 2.55. The number of imidazole rings is 1. The van der Waals surface area contributed by atoms with Crippen LogP contribution in [0.5, 0.6) is 11.5 Å². The van der Waals surface area contributed by atoms with E-state index in [-0.39, 0.29) is 17.2 Å². The van der Waals surface area contributed by atoms with Crippen LogP contribution in [-0.4, -0.2) is 36.6 Å². The highest BCUT2D eigenvalue weighted by atomic mass is 16.5. The van der Waals surface area contributed by atoms with E-state index in [1.54, 1.807) is 26.5 Å². The predicted octanol–water partition coefficient (Wildman–Crippen LogP) is 4.43. The molecule has 172 valence electrons. The molecule has 1 aliphatic carbocycles. The lowest BCUT2D eigenvalue weighted by atomic mass is 9.85. The molecule has 1 amide bonds. The zero-order valence-electron chi connectivity index (χ0n) is 19.2. The summed E-state index contributed by atoms with van der Waals surface area (Å²) in [7, 11) is 3.36. The van der Waals surface area contributed by atoms with Gasteiger partial charge >= 0.3 is 0 Å². The first-order chi connectivity index (χ1) is 16.2. The van der Waals surface area contributed by atoms with E-state index in [4.69, 9.17) is 9.47 Å². The van der Waals surface area contributed by atoms with Crippen LogP contribution in [-0.2, 0) is 16.6 Å². The number of rotatable bonds is 11. The fourth-order valence-corrected chi connectivity index (χ4v) is 4.48. The van der Waals surface area contributed by atoms with E-state index >= 15 is 0 Å². The molecule has 1 saturated carbocycles. The molecule has 6 heteroatoms. The van der Waals surface area contributed by atoms with Gasteiger partial charge in [0.2, 0.25) is 5.91 Å². The lowest BCUT2D eigenvalue weighted by molar-refractivity contribution is -0.116. The quantitative estimate of drug-likeness (QED) is 0.338. The molecule has 3 aromatic rings. The van der Waals surface area contributed by atoms with E-state index < -0.39 is 0 Å². The Labute approximate surface area is 195 Å². The third-order valence-electron chi connectivity index (χ3n) is 6.36. The molecule has 0 aliphatic heterocycles. The monoisotopic (exact) mass is 445 g/mol. The van der Waals surface area contributed by atoms with Crippen LogP contribution in [0.2, 0.25) is 0 Å². The molecule has 0 unspecified atom stereocenters. The van der Waals surface area contributed by atoms with Gasteiger partial charge in [0.1, 0.15) is 17.3 Å². The van der Waals surface area contributed by atoms with Crippen molar-refractivity contribution in [3.8, 4) is 11.5 Å². The Morgan fingerprint density at radius 3 is 2.42 bits per heavy atom. The number of aromatic amines is 1. The van der Waals surface area contributed by atoms with Crippen molar-refractivity contribution in [2.24, 2.45) is 5.92 Å². The number of ether oxygens (including phenoxy) is 2. The minimum Gasteiger partial charge on any atom is -0.497 e. The van der Waals surface area contributed by atoms with Gasteiger partial charge in [0.15, 0.2) is 0 Å². The zero-order valence-corrected chi connectivity index (χ0v) is 19.2. The molecule has 1 fully saturated rings. The lowest BCUT2D eigenvalue weighted by Gasteiger charge is -2.20. The number of nitrogens with zero attached hydrogens (tertiary/aromatic N) is 1. The van der Waals surface area contributed by atoms with Crippen molar-refractivity contribution in [1.29, 1.82) is 0 Å². The van der Waals surface area contributed by atoms with Gasteiger partial charge in [0.25, 0.3) is 0 Å². The Bertz CT molecular complexity index is 1040. The molecular formula is C27H31N3O3. The number of H-pyrrole nitrogens is 1. The number of aryl methyl sites for hydroxylation is 1. The topological polar surface area (TPSA) is 76.2 Å².